The van der Waals surface area contributed by atoms with Crippen LogP contribution in [0.25, 0.3) is 11.0 Å². The zero-order chi connectivity index (χ0) is 21.3. The molecule has 0 aliphatic heterocycles. The molecule has 0 aliphatic rings. The summed E-state index contributed by atoms with van der Waals surface area (Å²) in [5.41, 5.74) is 2.31. The van der Waals surface area contributed by atoms with Crippen LogP contribution in [-0.4, -0.2) is 20.6 Å². The van der Waals surface area contributed by atoms with Crippen molar-refractivity contribution >= 4 is 17.0 Å². The summed E-state index contributed by atoms with van der Waals surface area (Å²) in [6.07, 6.45) is 0. The number of aromatic carboxylic acids is 1. The molecule has 0 aliphatic carbocycles. The van der Waals surface area contributed by atoms with Gasteiger partial charge in [-0.1, -0.05) is 12.1 Å². The fourth-order valence-electron chi connectivity index (χ4n) is 3.05. The topological polar surface area (TPSA) is 73.6 Å². The van der Waals surface area contributed by atoms with E-state index in [1.54, 1.807) is 37.3 Å². The van der Waals surface area contributed by atoms with Crippen LogP contribution in [0.15, 0.2) is 60.7 Å². The summed E-state index contributed by atoms with van der Waals surface area (Å²) < 4.78 is 27.1. The number of carboxylic acid groups (broad SMARTS) is 1. The molecule has 0 spiro atoms. The first-order valence-electron chi connectivity index (χ1n) is 9.26. The van der Waals surface area contributed by atoms with Crippen molar-refractivity contribution in [2.24, 2.45) is 7.05 Å². The van der Waals surface area contributed by atoms with Crippen LogP contribution in [0.5, 0.6) is 17.2 Å². The molecule has 0 atom stereocenters. The fourth-order valence-corrected chi connectivity index (χ4v) is 3.05. The van der Waals surface area contributed by atoms with Gasteiger partial charge in [-0.3, -0.25) is 0 Å². The minimum absolute atomic E-state index is 0.159. The van der Waals surface area contributed by atoms with Gasteiger partial charge < -0.3 is 19.1 Å². The molecule has 30 heavy (non-hydrogen) atoms. The van der Waals surface area contributed by atoms with Crippen molar-refractivity contribution < 1.29 is 23.8 Å². The number of halogens is 1. The molecule has 4 rings (SSSR count). The minimum atomic E-state index is -1.01. The van der Waals surface area contributed by atoms with Crippen LogP contribution in [-0.2, 0) is 13.7 Å². The van der Waals surface area contributed by atoms with E-state index in [9.17, 15) is 9.18 Å². The van der Waals surface area contributed by atoms with Gasteiger partial charge in [-0.15, -0.1) is 0 Å². The number of benzene rings is 3. The van der Waals surface area contributed by atoms with E-state index in [-0.39, 0.29) is 18.0 Å². The van der Waals surface area contributed by atoms with Gasteiger partial charge in [0.1, 0.15) is 35.5 Å². The number of hydrogen-bond acceptors (Lipinski definition) is 4. The standard InChI is InChI=1S/C23H19FN2O4/c1-14-6-7-17(11-19(14)24)30-18-8-9-20-21(12-18)26(2)22(25-20)13-29-16-5-3-4-15(10-16)23(27)28/h3-12H,13H2,1-2H3,(H,27,28). The van der Waals surface area contributed by atoms with Gasteiger partial charge in [-0.05, 0) is 48.9 Å². The van der Waals surface area contributed by atoms with Gasteiger partial charge in [0.15, 0.2) is 0 Å². The monoisotopic (exact) mass is 406 g/mol. The summed E-state index contributed by atoms with van der Waals surface area (Å²) in [6, 6.07) is 16.5. The highest BCUT2D eigenvalue weighted by atomic mass is 19.1. The Morgan fingerprint density at radius 1 is 1.07 bits per heavy atom. The van der Waals surface area contributed by atoms with Gasteiger partial charge in [0.05, 0.1) is 16.6 Å². The van der Waals surface area contributed by atoms with Gasteiger partial charge >= 0.3 is 5.97 Å². The van der Waals surface area contributed by atoms with Crippen molar-refractivity contribution in [1.29, 1.82) is 0 Å². The molecule has 0 fully saturated rings. The van der Waals surface area contributed by atoms with Crippen molar-refractivity contribution in [3.63, 3.8) is 0 Å². The van der Waals surface area contributed by atoms with Gasteiger partial charge in [-0.2, -0.15) is 0 Å². The summed E-state index contributed by atoms with van der Waals surface area (Å²) in [4.78, 5) is 15.7. The quantitative estimate of drug-likeness (QED) is 0.483. The van der Waals surface area contributed by atoms with Crippen LogP contribution in [0.3, 0.4) is 0 Å². The van der Waals surface area contributed by atoms with Crippen LogP contribution < -0.4 is 9.47 Å². The van der Waals surface area contributed by atoms with E-state index in [1.165, 1.54) is 18.2 Å². The van der Waals surface area contributed by atoms with Crippen LogP contribution in [0, 0.1) is 12.7 Å². The molecule has 0 amide bonds. The molecule has 1 N–H and O–H groups in total. The molecule has 0 saturated carbocycles. The predicted molar refractivity (Wildman–Crippen MR) is 110 cm³/mol. The highest BCUT2D eigenvalue weighted by Gasteiger charge is 2.11. The lowest BCUT2D eigenvalue weighted by molar-refractivity contribution is 0.0696. The molecular formula is C23H19FN2O4. The fraction of sp³-hybridized carbons (Fsp3) is 0.130. The number of rotatable bonds is 6. The first kappa shape index (κ1) is 19.4. The maximum atomic E-state index is 13.8. The van der Waals surface area contributed by atoms with E-state index in [0.29, 0.717) is 28.6 Å². The zero-order valence-electron chi connectivity index (χ0n) is 16.4. The Balaban J connectivity index is 1.54. The lowest BCUT2D eigenvalue weighted by atomic mass is 10.2. The molecule has 3 aromatic carbocycles. The van der Waals surface area contributed by atoms with E-state index in [1.807, 2.05) is 23.7 Å². The van der Waals surface area contributed by atoms with Gasteiger partial charge in [-0.25, -0.2) is 14.2 Å². The lowest BCUT2D eigenvalue weighted by Crippen LogP contribution is -2.04. The first-order chi connectivity index (χ1) is 14.4. The van der Waals surface area contributed by atoms with Crippen molar-refractivity contribution in [1.82, 2.24) is 9.55 Å². The smallest absolute Gasteiger partial charge is 0.335 e. The van der Waals surface area contributed by atoms with E-state index in [4.69, 9.17) is 14.6 Å². The molecule has 1 heterocycles. The summed E-state index contributed by atoms with van der Waals surface area (Å²) in [6.45, 7) is 1.87. The number of aromatic nitrogens is 2. The summed E-state index contributed by atoms with van der Waals surface area (Å²) >= 11 is 0. The Labute approximate surface area is 172 Å². The number of nitrogens with zero attached hydrogens (tertiary/aromatic N) is 2. The van der Waals surface area contributed by atoms with E-state index < -0.39 is 5.97 Å². The number of carboxylic acids is 1. The summed E-state index contributed by atoms with van der Waals surface area (Å²) in [7, 11) is 1.86. The molecule has 0 bridgehead atoms. The van der Waals surface area contributed by atoms with E-state index >= 15 is 0 Å². The molecule has 0 unspecified atom stereocenters. The third kappa shape index (κ3) is 3.96. The zero-order valence-corrected chi connectivity index (χ0v) is 16.4. The number of hydrogen-bond donors (Lipinski definition) is 1. The maximum absolute atomic E-state index is 13.8. The lowest BCUT2D eigenvalue weighted by Gasteiger charge is -2.08. The Kier molecular flexibility index (Phi) is 5.10. The van der Waals surface area contributed by atoms with Crippen LogP contribution >= 0.6 is 0 Å². The second-order valence-electron chi connectivity index (χ2n) is 6.87. The molecule has 1 aromatic heterocycles. The highest BCUT2D eigenvalue weighted by molar-refractivity contribution is 5.88. The van der Waals surface area contributed by atoms with Gasteiger partial charge in [0.2, 0.25) is 0 Å². The Morgan fingerprint density at radius 2 is 1.83 bits per heavy atom. The molecule has 0 radical (unpaired) electrons. The number of carbonyl (C=O) groups is 1. The first-order valence-corrected chi connectivity index (χ1v) is 9.26. The number of imidazole rings is 1. The van der Waals surface area contributed by atoms with Crippen LogP contribution in [0.4, 0.5) is 4.39 Å². The highest BCUT2D eigenvalue weighted by Crippen LogP contribution is 2.27. The Hall–Kier alpha value is -3.87. The number of fused-ring (bicyclic) bond motifs is 1. The summed E-state index contributed by atoms with van der Waals surface area (Å²) in [5, 5.41) is 9.09. The average molecular weight is 406 g/mol. The summed E-state index contributed by atoms with van der Waals surface area (Å²) in [5.74, 6) is 0.776. The van der Waals surface area contributed by atoms with Crippen molar-refractivity contribution in [2.45, 2.75) is 13.5 Å². The Bertz CT molecular complexity index is 1250. The van der Waals surface area contributed by atoms with Crippen molar-refractivity contribution in [3.8, 4) is 17.2 Å². The molecule has 152 valence electrons. The number of aryl methyl sites for hydroxylation is 2. The second kappa shape index (κ2) is 7.87. The van der Waals surface area contributed by atoms with Crippen molar-refractivity contribution in [2.75, 3.05) is 0 Å². The van der Waals surface area contributed by atoms with Crippen LogP contribution in [0.1, 0.15) is 21.7 Å². The molecule has 7 heteroatoms. The average Bonchev–Trinajstić information content (AvgIpc) is 3.05. The number of ether oxygens (including phenoxy) is 2. The second-order valence-corrected chi connectivity index (χ2v) is 6.87. The van der Waals surface area contributed by atoms with E-state index in [2.05, 4.69) is 4.98 Å². The third-order valence-electron chi connectivity index (χ3n) is 4.77. The Morgan fingerprint density at radius 3 is 2.60 bits per heavy atom. The molecule has 4 aromatic rings. The third-order valence-corrected chi connectivity index (χ3v) is 4.77. The molecule has 6 nitrogen and oxygen atoms in total. The van der Waals surface area contributed by atoms with Crippen LogP contribution in [0.2, 0.25) is 0 Å². The van der Waals surface area contributed by atoms with Crippen molar-refractivity contribution in [3.05, 3.63) is 83.4 Å². The van der Waals surface area contributed by atoms with E-state index in [0.717, 1.165) is 11.0 Å². The minimum Gasteiger partial charge on any atom is -0.486 e. The maximum Gasteiger partial charge on any atom is 0.335 e. The molecule has 0 saturated heterocycles. The SMILES string of the molecule is Cc1ccc(Oc2ccc3nc(COc4cccc(C(=O)O)c4)n(C)c3c2)cc1F. The largest absolute Gasteiger partial charge is 0.486 e. The predicted octanol–water partition coefficient (Wildman–Crippen LogP) is 5.09. The van der Waals surface area contributed by atoms with Gasteiger partial charge in [0, 0.05) is 19.2 Å². The van der Waals surface area contributed by atoms with Gasteiger partial charge in [0.25, 0.3) is 0 Å². The molecular weight excluding hydrogens is 387 g/mol. The normalized spacial score (nSPS) is 10.9.